The summed E-state index contributed by atoms with van der Waals surface area (Å²) in [5.74, 6) is 0.920. The first-order valence-electron chi connectivity index (χ1n) is 9.13. The van der Waals surface area contributed by atoms with Crippen molar-refractivity contribution >= 4 is 5.96 Å². The van der Waals surface area contributed by atoms with Crippen molar-refractivity contribution in [3.05, 3.63) is 0 Å². The lowest BCUT2D eigenvalue weighted by atomic mass is 10.2. The molecule has 22 heavy (non-hydrogen) atoms. The molecular formula is C17H34N4O. The van der Waals surface area contributed by atoms with Crippen LogP contribution in [0.3, 0.4) is 0 Å². The third-order valence-corrected chi connectivity index (χ3v) is 4.90. The number of rotatable bonds is 8. The number of aliphatic imine (C=N–C) groups is 1. The first-order valence-corrected chi connectivity index (χ1v) is 9.13. The molecule has 1 heterocycles. The molecule has 0 aromatic heterocycles. The molecule has 5 heteroatoms. The van der Waals surface area contributed by atoms with E-state index in [4.69, 9.17) is 4.74 Å². The molecule has 2 aliphatic rings. The van der Waals surface area contributed by atoms with Gasteiger partial charge in [0.2, 0.25) is 0 Å². The highest BCUT2D eigenvalue weighted by Gasteiger charge is 2.22. The second kappa shape index (κ2) is 10.1. The molecule has 128 valence electrons. The van der Waals surface area contributed by atoms with E-state index in [1.54, 1.807) is 0 Å². The Hall–Kier alpha value is -0.810. The summed E-state index contributed by atoms with van der Waals surface area (Å²) in [4.78, 5) is 6.86. The van der Waals surface area contributed by atoms with Crippen LogP contribution in [0.2, 0.25) is 0 Å². The number of likely N-dealkylation sites (N-methyl/N-ethyl adjacent to an activating group) is 1. The number of nitrogens with one attached hydrogen (secondary N) is 2. The van der Waals surface area contributed by atoms with Gasteiger partial charge in [-0.3, -0.25) is 9.89 Å². The van der Waals surface area contributed by atoms with E-state index in [0.717, 1.165) is 38.6 Å². The van der Waals surface area contributed by atoms with E-state index in [-0.39, 0.29) is 0 Å². The van der Waals surface area contributed by atoms with Crippen molar-refractivity contribution in [2.24, 2.45) is 4.99 Å². The van der Waals surface area contributed by atoms with Gasteiger partial charge in [-0.15, -0.1) is 0 Å². The van der Waals surface area contributed by atoms with Crippen LogP contribution in [0.15, 0.2) is 4.99 Å². The van der Waals surface area contributed by atoms with Crippen molar-refractivity contribution in [3.63, 3.8) is 0 Å². The van der Waals surface area contributed by atoms with Crippen LogP contribution in [0, 0.1) is 0 Å². The Morgan fingerprint density at radius 3 is 2.73 bits per heavy atom. The number of hydrogen-bond acceptors (Lipinski definition) is 3. The van der Waals surface area contributed by atoms with Crippen molar-refractivity contribution in [2.75, 3.05) is 39.8 Å². The molecule has 5 nitrogen and oxygen atoms in total. The van der Waals surface area contributed by atoms with Crippen molar-refractivity contribution < 1.29 is 4.74 Å². The molecule has 2 N–H and O–H groups in total. The highest BCUT2D eigenvalue weighted by atomic mass is 16.5. The second-order valence-corrected chi connectivity index (χ2v) is 6.44. The molecule has 1 aliphatic heterocycles. The maximum absolute atomic E-state index is 5.88. The van der Waals surface area contributed by atoms with Crippen LogP contribution >= 0.6 is 0 Å². The SMILES string of the molecule is CCN1CCCC1CNC(=NC)NCCCOC1CCCC1. The van der Waals surface area contributed by atoms with Crippen LogP contribution in [0.4, 0.5) is 0 Å². The molecule has 1 aliphatic carbocycles. The largest absolute Gasteiger partial charge is 0.378 e. The van der Waals surface area contributed by atoms with Crippen molar-refractivity contribution in [1.29, 1.82) is 0 Å². The fraction of sp³-hybridized carbons (Fsp3) is 0.941. The standard InChI is InChI=1S/C17H34N4O/c1-3-21-12-6-8-15(21)14-20-17(18-2)19-11-7-13-22-16-9-4-5-10-16/h15-16H,3-14H2,1-2H3,(H2,18,19,20). The molecule has 1 atom stereocenters. The molecule has 1 unspecified atom stereocenters. The van der Waals surface area contributed by atoms with Gasteiger partial charge in [-0.1, -0.05) is 19.8 Å². The number of ether oxygens (including phenoxy) is 1. The van der Waals surface area contributed by atoms with Crippen LogP contribution in [-0.2, 0) is 4.74 Å². The third-order valence-electron chi connectivity index (χ3n) is 4.90. The van der Waals surface area contributed by atoms with Gasteiger partial charge in [0.25, 0.3) is 0 Å². The zero-order chi connectivity index (χ0) is 15.6. The smallest absolute Gasteiger partial charge is 0.191 e. The molecule has 1 saturated heterocycles. The number of hydrogen-bond donors (Lipinski definition) is 2. The molecule has 2 rings (SSSR count). The second-order valence-electron chi connectivity index (χ2n) is 6.44. The minimum Gasteiger partial charge on any atom is -0.378 e. The highest BCUT2D eigenvalue weighted by Crippen LogP contribution is 2.20. The first-order chi connectivity index (χ1) is 10.8. The summed E-state index contributed by atoms with van der Waals surface area (Å²) in [6.45, 7) is 7.42. The van der Waals surface area contributed by atoms with Crippen LogP contribution < -0.4 is 10.6 Å². The minimum atomic E-state index is 0.528. The van der Waals surface area contributed by atoms with Crippen LogP contribution in [0.1, 0.15) is 51.9 Å². The first kappa shape index (κ1) is 17.5. The van der Waals surface area contributed by atoms with Crippen molar-refractivity contribution in [2.45, 2.75) is 64.0 Å². The van der Waals surface area contributed by atoms with Gasteiger partial charge in [-0.25, -0.2) is 0 Å². The molecule has 1 saturated carbocycles. The summed E-state index contributed by atoms with van der Waals surface area (Å²) in [5.41, 5.74) is 0. The summed E-state index contributed by atoms with van der Waals surface area (Å²) in [5, 5.41) is 6.86. The van der Waals surface area contributed by atoms with E-state index < -0.39 is 0 Å². The lowest BCUT2D eigenvalue weighted by molar-refractivity contribution is 0.0574. The lowest BCUT2D eigenvalue weighted by Crippen LogP contribution is -2.45. The normalized spacial score (nSPS) is 24.1. The Bertz CT molecular complexity index is 329. The predicted molar refractivity (Wildman–Crippen MR) is 92.5 cm³/mol. The Balaban J connectivity index is 1.53. The van der Waals surface area contributed by atoms with Gasteiger partial charge in [0.15, 0.2) is 5.96 Å². The summed E-state index contributed by atoms with van der Waals surface area (Å²) < 4.78 is 5.88. The van der Waals surface area contributed by atoms with E-state index in [0.29, 0.717) is 12.1 Å². The zero-order valence-electron chi connectivity index (χ0n) is 14.4. The molecule has 0 aromatic rings. The van der Waals surface area contributed by atoms with E-state index in [9.17, 15) is 0 Å². The third kappa shape index (κ3) is 5.76. The zero-order valence-corrected chi connectivity index (χ0v) is 14.4. The topological polar surface area (TPSA) is 48.9 Å². The highest BCUT2D eigenvalue weighted by molar-refractivity contribution is 5.79. The monoisotopic (exact) mass is 310 g/mol. The average molecular weight is 310 g/mol. The molecule has 0 amide bonds. The van der Waals surface area contributed by atoms with Gasteiger partial charge >= 0.3 is 0 Å². The van der Waals surface area contributed by atoms with E-state index >= 15 is 0 Å². The van der Waals surface area contributed by atoms with Crippen molar-refractivity contribution in [1.82, 2.24) is 15.5 Å². The van der Waals surface area contributed by atoms with Gasteiger partial charge < -0.3 is 15.4 Å². The number of guanidine groups is 1. The van der Waals surface area contributed by atoms with E-state index in [2.05, 4.69) is 27.4 Å². The minimum absolute atomic E-state index is 0.528. The van der Waals surface area contributed by atoms with Gasteiger partial charge in [0, 0.05) is 32.8 Å². The fourth-order valence-corrected chi connectivity index (χ4v) is 3.56. The van der Waals surface area contributed by atoms with Gasteiger partial charge in [-0.2, -0.15) is 0 Å². The summed E-state index contributed by atoms with van der Waals surface area (Å²) in [6, 6.07) is 0.661. The van der Waals surface area contributed by atoms with Crippen LogP contribution in [0.5, 0.6) is 0 Å². The Labute approximate surface area is 135 Å². The van der Waals surface area contributed by atoms with Gasteiger partial charge in [-0.05, 0) is 45.2 Å². The van der Waals surface area contributed by atoms with E-state index in [1.807, 2.05) is 7.05 Å². The molecule has 0 radical (unpaired) electrons. The maximum atomic E-state index is 5.88. The average Bonchev–Trinajstić information content (AvgIpc) is 3.21. The van der Waals surface area contributed by atoms with Gasteiger partial charge in [0.1, 0.15) is 0 Å². The van der Waals surface area contributed by atoms with Crippen LogP contribution in [0.25, 0.3) is 0 Å². The Morgan fingerprint density at radius 1 is 1.18 bits per heavy atom. The predicted octanol–water partition coefficient (Wildman–Crippen LogP) is 1.99. The molecule has 0 aromatic carbocycles. The van der Waals surface area contributed by atoms with Gasteiger partial charge in [0.05, 0.1) is 6.10 Å². The fourth-order valence-electron chi connectivity index (χ4n) is 3.56. The Morgan fingerprint density at radius 2 is 2.00 bits per heavy atom. The molecule has 0 spiro atoms. The lowest BCUT2D eigenvalue weighted by Gasteiger charge is -2.24. The molecule has 2 fully saturated rings. The number of likely N-dealkylation sites (tertiary alicyclic amines) is 1. The molecule has 0 bridgehead atoms. The number of nitrogens with zero attached hydrogens (tertiary/aromatic N) is 2. The Kier molecular flexibility index (Phi) is 8.02. The van der Waals surface area contributed by atoms with Crippen molar-refractivity contribution in [3.8, 4) is 0 Å². The summed E-state index contributed by atoms with van der Waals surface area (Å²) >= 11 is 0. The molecular weight excluding hydrogens is 276 g/mol. The summed E-state index contributed by atoms with van der Waals surface area (Å²) in [6.07, 6.45) is 9.39. The van der Waals surface area contributed by atoms with E-state index in [1.165, 1.54) is 45.1 Å². The van der Waals surface area contributed by atoms with Crippen LogP contribution in [-0.4, -0.2) is 62.8 Å². The quantitative estimate of drug-likeness (QED) is 0.409. The maximum Gasteiger partial charge on any atom is 0.191 e. The summed E-state index contributed by atoms with van der Waals surface area (Å²) in [7, 11) is 1.84.